The number of nitrogens with zero attached hydrogens (tertiary/aromatic N) is 1. The van der Waals surface area contributed by atoms with Gasteiger partial charge < -0.3 is 15.0 Å². The Morgan fingerprint density at radius 3 is 2.53 bits per heavy atom. The lowest BCUT2D eigenvalue weighted by Crippen LogP contribution is -2.36. The van der Waals surface area contributed by atoms with Crippen molar-refractivity contribution < 1.29 is 9.53 Å². The third-order valence-electron chi connectivity index (χ3n) is 2.84. The smallest absolute Gasteiger partial charge is 0.251 e. The van der Waals surface area contributed by atoms with Crippen LogP contribution in [0.3, 0.4) is 0 Å². The van der Waals surface area contributed by atoms with Crippen LogP contribution in [0.5, 0.6) is 0 Å². The van der Waals surface area contributed by atoms with Crippen LogP contribution in [0, 0.1) is 0 Å². The number of amides is 1. The van der Waals surface area contributed by atoms with E-state index < -0.39 is 0 Å². The molecule has 1 fully saturated rings. The summed E-state index contributed by atoms with van der Waals surface area (Å²) in [6.07, 6.45) is 0. The van der Waals surface area contributed by atoms with Crippen LogP contribution in [0.1, 0.15) is 17.3 Å². The molecule has 0 radical (unpaired) electrons. The molecule has 1 aliphatic heterocycles. The zero-order valence-electron chi connectivity index (χ0n) is 10.1. The van der Waals surface area contributed by atoms with Gasteiger partial charge in [-0.15, -0.1) is 0 Å². The summed E-state index contributed by atoms with van der Waals surface area (Å²) < 4.78 is 5.31. The molecule has 1 amide bonds. The average molecular weight is 234 g/mol. The molecule has 4 heteroatoms. The fourth-order valence-electron chi connectivity index (χ4n) is 1.91. The van der Waals surface area contributed by atoms with Crippen LogP contribution in [-0.4, -0.2) is 38.8 Å². The molecule has 92 valence electrons. The molecule has 17 heavy (non-hydrogen) atoms. The highest BCUT2D eigenvalue weighted by atomic mass is 16.5. The lowest BCUT2D eigenvalue weighted by Gasteiger charge is -2.28. The molecule has 1 saturated heterocycles. The van der Waals surface area contributed by atoms with Gasteiger partial charge in [0.1, 0.15) is 0 Å². The Bertz CT molecular complexity index is 370. The second-order valence-corrected chi connectivity index (χ2v) is 4.01. The van der Waals surface area contributed by atoms with Crippen molar-refractivity contribution in [2.75, 3.05) is 37.7 Å². The summed E-state index contributed by atoms with van der Waals surface area (Å²) in [5, 5.41) is 2.79. The van der Waals surface area contributed by atoms with Gasteiger partial charge in [-0.25, -0.2) is 0 Å². The number of carbonyl (C=O) groups excluding carboxylic acids is 1. The normalized spacial score (nSPS) is 15.7. The lowest BCUT2D eigenvalue weighted by molar-refractivity contribution is 0.0955. The standard InChI is InChI=1S/C13H18N2O2/c1-2-14-13(16)11-3-5-12(6-4-11)15-7-9-17-10-8-15/h3-6H,2,7-10H2,1H3,(H,14,16). The highest BCUT2D eigenvalue weighted by Crippen LogP contribution is 2.16. The van der Waals surface area contributed by atoms with Crippen LogP contribution < -0.4 is 10.2 Å². The molecule has 0 aliphatic carbocycles. The molecule has 0 saturated carbocycles. The van der Waals surface area contributed by atoms with Crippen LogP contribution in [0.2, 0.25) is 0 Å². The lowest BCUT2D eigenvalue weighted by atomic mass is 10.1. The minimum Gasteiger partial charge on any atom is -0.378 e. The van der Waals surface area contributed by atoms with Crippen molar-refractivity contribution in [2.45, 2.75) is 6.92 Å². The highest BCUT2D eigenvalue weighted by molar-refractivity contribution is 5.94. The summed E-state index contributed by atoms with van der Waals surface area (Å²) in [5.41, 5.74) is 1.87. The zero-order chi connectivity index (χ0) is 12.1. The van der Waals surface area contributed by atoms with Gasteiger partial charge in [0, 0.05) is 30.9 Å². The molecule has 0 aromatic heterocycles. The first-order valence-corrected chi connectivity index (χ1v) is 6.02. The van der Waals surface area contributed by atoms with E-state index in [-0.39, 0.29) is 5.91 Å². The molecule has 1 aromatic rings. The van der Waals surface area contributed by atoms with Crippen LogP contribution in [0.4, 0.5) is 5.69 Å². The maximum atomic E-state index is 11.6. The Balaban J connectivity index is 2.04. The van der Waals surface area contributed by atoms with Gasteiger partial charge in [0.2, 0.25) is 0 Å². The second kappa shape index (κ2) is 5.68. The number of rotatable bonds is 3. The predicted molar refractivity (Wildman–Crippen MR) is 67.5 cm³/mol. The summed E-state index contributed by atoms with van der Waals surface area (Å²) >= 11 is 0. The number of carbonyl (C=O) groups is 1. The fraction of sp³-hybridized carbons (Fsp3) is 0.462. The molecule has 0 atom stereocenters. The van der Waals surface area contributed by atoms with Gasteiger partial charge in [0.15, 0.2) is 0 Å². The van der Waals surface area contributed by atoms with E-state index in [0.29, 0.717) is 12.1 Å². The number of anilines is 1. The number of nitrogens with one attached hydrogen (secondary N) is 1. The average Bonchev–Trinajstić information content (AvgIpc) is 2.40. The molecular formula is C13H18N2O2. The molecule has 2 rings (SSSR count). The van der Waals surface area contributed by atoms with Crippen LogP contribution in [-0.2, 0) is 4.74 Å². The second-order valence-electron chi connectivity index (χ2n) is 4.01. The van der Waals surface area contributed by atoms with Crippen molar-refractivity contribution in [3.8, 4) is 0 Å². The molecule has 1 aromatic carbocycles. The van der Waals surface area contributed by atoms with Gasteiger partial charge in [-0.1, -0.05) is 0 Å². The first kappa shape index (κ1) is 11.9. The van der Waals surface area contributed by atoms with Gasteiger partial charge in [-0.2, -0.15) is 0 Å². The van der Waals surface area contributed by atoms with Crippen LogP contribution in [0.25, 0.3) is 0 Å². The molecule has 1 aliphatic rings. The number of ether oxygens (including phenoxy) is 1. The van der Waals surface area contributed by atoms with Gasteiger partial charge in [0.25, 0.3) is 5.91 Å². The van der Waals surface area contributed by atoms with Crippen molar-refractivity contribution in [1.29, 1.82) is 0 Å². The zero-order valence-corrected chi connectivity index (χ0v) is 10.1. The van der Waals surface area contributed by atoms with Crippen molar-refractivity contribution in [2.24, 2.45) is 0 Å². The summed E-state index contributed by atoms with van der Waals surface area (Å²) in [6.45, 7) is 5.96. The minimum atomic E-state index is -0.0129. The van der Waals surface area contributed by atoms with Crippen LogP contribution >= 0.6 is 0 Å². The summed E-state index contributed by atoms with van der Waals surface area (Å²) in [6, 6.07) is 7.73. The molecule has 1 heterocycles. The van der Waals surface area contributed by atoms with Crippen LogP contribution in [0.15, 0.2) is 24.3 Å². The van der Waals surface area contributed by atoms with Crippen molar-refractivity contribution in [3.05, 3.63) is 29.8 Å². The van der Waals surface area contributed by atoms with E-state index >= 15 is 0 Å². The molecule has 1 N–H and O–H groups in total. The summed E-state index contributed by atoms with van der Waals surface area (Å²) in [7, 11) is 0. The van der Waals surface area contributed by atoms with E-state index in [1.54, 1.807) is 0 Å². The largest absolute Gasteiger partial charge is 0.378 e. The summed E-state index contributed by atoms with van der Waals surface area (Å²) in [5.74, 6) is -0.0129. The third kappa shape index (κ3) is 2.97. The SMILES string of the molecule is CCNC(=O)c1ccc(N2CCOCC2)cc1. The Morgan fingerprint density at radius 2 is 1.94 bits per heavy atom. The molecule has 0 unspecified atom stereocenters. The molecular weight excluding hydrogens is 216 g/mol. The fourth-order valence-corrected chi connectivity index (χ4v) is 1.91. The Hall–Kier alpha value is -1.55. The maximum absolute atomic E-state index is 11.6. The maximum Gasteiger partial charge on any atom is 0.251 e. The molecule has 0 bridgehead atoms. The third-order valence-corrected chi connectivity index (χ3v) is 2.84. The topological polar surface area (TPSA) is 41.6 Å². The Morgan fingerprint density at radius 1 is 1.29 bits per heavy atom. The van der Waals surface area contributed by atoms with Gasteiger partial charge in [0.05, 0.1) is 13.2 Å². The first-order chi connectivity index (χ1) is 8.31. The van der Waals surface area contributed by atoms with Crippen molar-refractivity contribution in [3.63, 3.8) is 0 Å². The van der Waals surface area contributed by atoms with E-state index in [9.17, 15) is 4.79 Å². The minimum absolute atomic E-state index is 0.0129. The van der Waals surface area contributed by atoms with Gasteiger partial charge >= 0.3 is 0 Å². The highest BCUT2D eigenvalue weighted by Gasteiger charge is 2.11. The predicted octanol–water partition coefficient (Wildman–Crippen LogP) is 1.27. The van der Waals surface area contributed by atoms with Gasteiger partial charge in [-0.05, 0) is 31.2 Å². The number of morpholine rings is 1. The molecule has 4 nitrogen and oxygen atoms in total. The van der Waals surface area contributed by atoms with E-state index in [1.165, 1.54) is 0 Å². The van der Waals surface area contributed by atoms with Gasteiger partial charge in [-0.3, -0.25) is 4.79 Å². The van der Waals surface area contributed by atoms with E-state index in [2.05, 4.69) is 10.2 Å². The van der Waals surface area contributed by atoms with E-state index in [1.807, 2.05) is 31.2 Å². The summed E-state index contributed by atoms with van der Waals surface area (Å²) in [4.78, 5) is 13.9. The Kier molecular flexibility index (Phi) is 3.98. The van der Waals surface area contributed by atoms with E-state index in [4.69, 9.17) is 4.74 Å². The number of hydrogen-bond acceptors (Lipinski definition) is 3. The monoisotopic (exact) mass is 234 g/mol. The van der Waals surface area contributed by atoms with E-state index in [0.717, 1.165) is 32.0 Å². The van der Waals surface area contributed by atoms with Crippen molar-refractivity contribution in [1.82, 2.24) is 5.32 Å². The number of benzene rings is 1. The number of hydrogen-bond donors (Lipinski definition) is 1. The quantitative estimate of drug-likeness (QED) is 0.856. The molecule has 0 spiro atoms. The van der Waals surface area contributed by atoms with Crippen molar-refractivity contribution >= 4 is 11.6 Å². The first-order valence-electron chi connectivity index (χ1n) is 6.02. The Labute approximate surface area is 102 Å².